The van der Waals surface area contributed by atoms with Gasteiger partial charge in [-0.3, -0.25) is 4.79 Å². The summed E-state index contributed by atoms with van der Waals surface area (Å²) in [7, 11) is 1.68. The van der Waals surface area contributed by atoms with E-state index in [2.05, 4.69) is 11.9 Å². The summed E-state index contributed by atoms with van der Waals surface area (Å²) in [5.74, 6) is 0.374. The molecule has 0 spiro atoms. The van der Waals surface area contributed by atoms with Gasteiger partial charge in [0.2, 0.25) is 0 Å². The minimum Gasteiger partial charge on any atom is -0.379 e. The van der Waals surface area contributed by atoms with Crippen molar-refractivity contribution >= 4 is 29.1 Å². The number of piperidine rings is 1. The lowest BCUT2D eigenvalue weighted by Crippen LogP contribution is -2.46. The van der Waals surface area contributed by atoms with Crippen molar-refractivity contribution in [1.29, 1.82) is 0 Å². The van der Waals surface area contributed by atoms with Gasteiger partial charge in [0, 0.05) is 25.8 Å². The van der Waals surface area contributed by atoms with Crippen LogP contribution < -0.4 is 0 Å². The number of ether oxygens (including phenoxy) is 1. The van der Waals surface area contributed by atoms with Gasteiger partial charge in [-0.2, -0.15) is 0 Å². The van der Waals surface area contributed by atoms with Gasteiger partial charge in [-0.25, -0.2) is 4.98 Å². The second kappa shape index (κ2) is 6.07. The summed E-state index contributed by atoms with van der Waals surface area (Å²) in [6.07, 6.45) is 1.00. The summed E-state index contributed by atoms with van der Waals surface area (Å²) in [4.78, 5) is 18.0. The largest absolute Gasteiger partial charge is 0.379 e. The van der Waals surface area contributed by atoms with Crippen LogP contribution in [0.4, 0.5) is 0 Å². The van der Waals surface area contributed by atoms with Gasteiger partial charge in [0.05, 0.1) is 6.10 Å². The first-order chi connectivity index (χ1) is 9.01. The molecular weight excluding hydrogens is 287 g/mol. The minimum atomic E-state index is -0.0832. The Hall–Kier alpha value is -0.840. The van der Waals surface area contributed by atoms with Gasteiger partial charge in [0.1, 0.15) is 10.3 Å². The van der Waals surface area contributed by atoms with Gasteiger partial charge in [0.15, 0.2) is 0 Å². The maximum Gasteiger partial charge on any atom is 0.254 e. The van der Waals surface area contributed by atoms with Crippen LogP contribution in [0.25, 0.3) is 0 Å². The molecule has 19 heavy (non-hydrogen) atoms. The maximum atomic E-state index is 12.4. The van der Waals surface area contributed by atoms with Crippen LogP contribution in [-0.2, 0) is 4.74 Å². The predicted octanol–water partition coefficient (Wildman–Crippen LogP) is 2.89. The highest BCUT2D eigenvalue weighted by atomic mass is 35.5. The molecule has 2 heterocycles. The standard InChI is InChI=1S/C13H16Cl2N2O2/c1-8-3-4-17(7-10(8)19-2)13(18)9-5-11(14)16-12(15)6-9/h5-6,8,10H,3-4,7H2,1-2H3. The third-order valence-corrected chi connectivity index (χ3v) is 3.88. The van der Waals surface area contributed by atoms with Crippen LogP contribution in [0.3, 0.4) is 0 Å². The fourth-order valence-corrected chi connectivity index (χ4v) is 2.76. The number of carbonyl (C=O) groups is 1. The predicted molar refractivity (Wildman–Crippen MR) is 74.7 cm³/mol. The Morgan fingerprint density at radius 2 is 2.05 bits per heavy atom. The summed E-state index contributed by atoms with van der Waals surface area (Å²) in [6, 6.07) is 3.07. The van der Waals surface area contributed by atoms with E-state index in [9.17, 15) is 4.79 Å². The van der Waals surface area contributed by atoms with E-state index in [-0.39, 0.29) is 22.3 Å². The Morgan fingerprint density at radius 1 is 1.42 bits per heavy atom. The van der Waals surface area contributed by atoms with Gasteiger partial charge in [0.25, 0.3) is 5.91 Å². The average molecular weight is 303 g/mol. The van der Waals surface area contributed by atoms with Gasteiger partial charge in [-0.15, -0.1) is 0 Å². The Labute approximate surface area is 122 Å². The molecule has 1 aliphatic heterocycles. The Morgan fingerprint density at radius 3 is 2.63 bits per heavy atom. The molecule has 0 N–H and O–H groups in total. The molecule has 1 aromatic heterocycles. The Bertz CT molecular complexity index is 461. The molecule has 2 unspecified atom stereocenters. The average Bonchev–Trinajstić information content (AvgIpc) is 2.37. The number of carbonyl (C=O) groups excluding carboxylic acids is 1. The van der Waals surface area contributed by atoms with E-state index < -0.39 is 0 Å². The summed E-state index contributed by atoms with van der Waals surface area (Å²) in [5, 5.41) is 0.453. The molecule has 1 aromatic rings. The molecule has 0 bridgehead atoms. The summed E-state index contributed by atoms with van der Waals surface area (Å²) in [6.45, 7) is 3.45. The van der Waals surface area contributed by atoms with Crippen LogP contribution in [0.15, 0.2) is 12.1 Å². The Balaban J connectivity index is 2.15. The number of halogens is 2. The van der Waals surface area contributed by atoms with E-state index >= 15 is 0 Å². The maximum absolute atomic E-state index is 12.4. The van der Waals surface area contributed by atoms with Crippen LogP contribution in [0.2, 0.25) is 10.3 Å². The van der Waals surface area contributed by atoms with Crippen molar-refractivity contribution in [2.24, 2.45) is 5.92 Å². The van der Waals surface area contributed by atoms with Crippen molar-refractivity contribution in [2.75, 3.05) is 20.2 Å². The first kappa shape index (κ1) is 14.6. The number of likely N-dealkylation sites (tertiary alicyclic amines) is 1. The van der Waals surface area contributed by atoms with Crippen molar-refractivity contribution < 1.29 is 9.53 Å². The molecule has 1 fully saturated rings. The minimum absolute atomic E-state index is 0.0745. The highest BCUT2D eigenvalue weighted by Gasteiger charge is 2.29. The molecule has 2 atom stereocenters. The molecule has 4 nitrogen and oxygen atoms in total. The van der Waals surface area contributed by atoms with E-state index in [1.807, 2.05) is 0 Å². The van der Waals surface area contributed by atoms with E-state index in [0.29, 0.717) is 18.0 Å². The first-order valence-electron chi connectivity index (χ1n) is 6.16. The lowest BCUT2D eigenvalue weighted by atomic mass is 9.95. The molecule has 2 rings (SSSR count). The number of rotatable bonds is 2. The highest BCUT2D eigenvalue weighted by Crippen LogP contribution is 2.22. The quantitative estimate of drug-likeness (QED) is 0.789. The third-order valence-electron chi connectivity index (χ3n) is 3.49. The molecule has 6 heteroatoms. The topological polar surface area (TPSA) is 42.4 Å². The summed E-state index contributed by atoms with van der Waals surface area (Å²) < 4.78 is 5.41. The number of methoxy groups -OCH3 is 1. The lowest BCUT2D eigenvalue weighted by molar-refractivity contribution is -0.00156. The van der Waals surface area contributed by atoms with E-state index in [0.717, 1.165) is 13.0 Å². The highest BCUT2D eigenvalue weighted by molar-refractivity contribution is 6.33. The zero-order valence-electron chi connectivity index (χ0n) is 10.9. The smallest absolute Gasteiger partial charge is 0.254 e. The zero-order chi connectivity index (χ0) is 14.0. The zero-order valence-corrected chi connectivity index (χ0v) is 12.4. The number of hydrogen-bond donors (Lipinski definition) is 0. The first-order valence-corrected chi connectivity index (χ1v) is 6.92. The van der Waals surface area contributed by atoms with Crippen LogP contribution in [0, 0.1) is 5.92 Å². The SMILES string of the molecule is COC1CN(C(=O)c2cc(Cl)nc(Cl)c2)CCC1C. The number of pyridine rings is 1. The van der Waals surface area contributed by atoms with Crippen molar-refractivity contribution in [3.05, 3.63) is 28.0 Å². The molecule has 1 saturated heterocycles. The number of nitrogens with zero attached hydrogens (tertiary/aromatic N) is 2. The fraction of sp³-hybridized carbons (Fsp3) is 0.538. The van der Waals surface area contributed by atoms with Gasteiger partial charge in [-0.1, -0.05) is 30.1 Å². The summed E-state index contributed by atoms with van der Waals surface area (Å²) >= 11 is 11.6. The molecule has 0 saturated carbocycles. The molecule has 0 aromatic carbocycles. The van der Waals surface area contributed by atoms with Crippen molar-refractivity contribution in [2.45, 2.75) is 19.4 Å². The number of aromatic nitrogens is 1. The van der Waals surface area contributed by atoms with Crippen molar-refractivity contribution in [3.8, 4) is 0 Å². The van der Waals surface area contributed by atoms with Gasteiger partial charge >= 0.3 is 0 Å². The van der Waals surface area contributed by atoms with E-state index in [4.69, 9.17) is 27.9 Å². The van der Waals surface area contributed by atoms with Crippen LogP contribution in [0.1, 0.15) is 23.7 Å². The molecule has 1 amide bonds. The molecule has 0 aliphatic carbocycles. The fourth-order valence-electron chi connectivity index (χ4n) is 2.30. The molecular formula is C13H16Cl2N2O2. The monoisotopic (exact) mass is 302 g/mol. The number of hydrogen-bond acceptors (Lipinski definition) is 3. The van der Waals surface area contributed by atoms with Gasteiger partial charge < -0.3 is 9.64 Å². The third kappa shape index (κ3) is 3.38. The van der Waals surface area contributed by atoms with Crippen LogP contribution in [0.5, 0.6) is 0 Å². The lowest BCUT2D eigenvalue weighted by Gasteiger charge is -2.36. The van der Waals surface area contributed by atoms with Gasteiger partial charge in [-0.05, 0) is 24.5 Å². The van der Waals surface area contributed by atoms with Crippen LogP contribution >= 0.6 is 23.2 Å². The molecule has 1 aliphatic rings. The Kier molecular flexibility index (Phi) is 4.66. The molecule has 0 radical (unpaired) electrons. The van der Waals surface area contributed by atoms with E-state index in [1.54, 1.807) is 12.0 Å². The normalized spacial score (nSPS) is 23.5. The second-order valence-corrected chi connectivity index (χ2v) is 5.57. The second-order valence-electron chi connectivity index (χ2n) is 4.79. The summed E-state index contributed by atoms with van der Waals surface area (Å²) in [5.41, 5.74) is 0.467. The van der Waals surface area contributed by atoms with E-state index in [1.165, 1.54) is 12.1 Å². The molecule has 104 valence electrons. The number of amides is 1. The van der Waals surface area contributed by atoms with Crippen LogP contribution in [-0.4, -0.2) is 42.1 Å². The van der Waals surface area contributed by atoms with Crippen molar-refractivity contribution in [1.82, 2.24) is 9.88 Å². The van der Waals surface area contributed by atoms with Crippen molar-refractivity contribution in [3.63, 3.8) is 0 Å².